The topological polar surface area (TPSA) is 37.3 Å². The molecule has 0 unspecified atom stereocenters. The molecule has 0 bridgehead atoms. The largest absolute Gasteiger partial charge is 0.481 e. The highest BCUT2D eigenvalue weighted by Gasteiger charge is 1.97. The van der Waals surface area contributed by atoms with Crippen LogP contribution in [0, 0.1) is 5.89 Å². The zero-order chi connectivity index (χ0) is 12.5. The quantitative estimate of drug-likeness (QED) is 0.617. The molecule has 0 aliphatic heterocycles. The molecule has 2 nitrogen and oxygen atoms in total. The van der Waals surface area contributed by atoms with Gasteiger partial charge in [0.2, 0.25) is 0 Å². The molecule has 8 heavy (non-hydrogen) atoms. The van der Waals surface area contributed by atoms with E-state index in [0.29, 0.717) is 0 Å². The third kappa shape index (κ3) is 5.47. The predicted octanol–water partition coefficient (Wildman–Crippen LogP) is 1.51. The second-order valence-electron chi connectivity index (χ2n) is 1.37. The third-order valence-electron chi connectivity index (χ3n) is 0.589. The van der Waals surface area contributed by atoms with Gasteiger partial charge in [0, 0.05) is 16.0 Å². The van der Waals surface area contributed by atoms with Gasteiger partial charge in [0.15, 0.2) is 0 Å². The number of rotatable bonds is 3. The maximum absolute atomic E-state index is 10.2. The van der Waals surface area contributed by atoms with Gasteiger partial charge in [0.05, 0.1) is 0 Å². The number of hydrogen-bond acceptors (Lipinski definition) is 1. The van der Waals surface area contributed by atoms with Crippen LogP contribution in [0.4, 0.5) is 0 Å². The van der Waals surface area contributed by atoms with Crippen molar-refractivity contribution in [2.75, 3.05) is 0 Å². The molecule has 0 rings (SSSR count). The Balaban J connectivity index is 4.98. The molecule has 0 aliphatic rings. The number of carboxylic acids is 1. The van der Waals surface area contributed by atoms with Gasteiger partial charge in [-0.1, -0.05) is 13.7 Å². The van der Waals surface area contributed by atoms with Crippen LogP contribution < -0.4 is 0 Å². The van der Waals surface area contributed by atoms with E-state index < -0.39 is 38.4 Å². The molecule has 0 aromatic carbocycles. The molecule has 1 N–H and O–H groups in total. The van der Waals surface area contributed by atoms with Crippen LogP contribution in [0.3, 0.4) is 0 Å². The van der Waals surface area contributed by atoms with Crippen molar-refractivity contribution in [1.29, 1.82) is 0 Å². The van der Waals surface area contributed by atoms with E-state index in [1.54, 1.807) is 0 Å². The fourth-order valence-corrected chi connectivity index (χ4v) is 0.232. The Morgan fingerprint density at radius 3 is 3.00 bits per heavy atom. The zero-order valence-corrected chi connectivity index (χ0v) is 4.27. The standard InChI is InChI=1S/C6H12O2/c1-5(2)3-4-6(7)8/h5H,3-4H2,1-2H3,(H,7,8)/i1D3,2D3,5D. The Morgan fingerprint density at radius 2 is 2.62 bits per heavy atom. The van der Waals surface area contributed by atoms with Gasteiger partial charge in [-0.15, -0.1) is 0 Å². The van der Waals surface area contributed by atoms with E-state index in [-0.39, 0.29) is 0 Å². The molecule has 0 fully saturated rings. The van der Waals surface area contributed by atoms with E-state index in [0.717, 1.165) is 0 Å². The highest BCUT2D eigenvalue weighted by molar-refractivity contribution is 5.66. The van der Waals surface area contributed by atoms with Crippen LogP contribution in [0.25, 0.3) is 0 Å². The summed E-state index contributed by atoms with van der Waals surface area (Å²) in [5.74, 6) is -4.04. The lowest BCUT2D eigenvalue weighted by Crippen LogP contribution is -1.97. The summed E-state index contributed by atoms with van der Waals surface area (Å²) in [6, 6.07) is 0. The summed E-state index contributed by atoms with van der Waals surface area (Å²) in [4.78, 5) is 10.2. The maximum atomic E-state index is 10.2. The third-order valence-corrected chi connectivity index (χ3v) is 0.589. The minimum Gasteiger partial charge on any atom is -0.481 e. The first-order valence-corrected chi connectivity index (χ1v) is 2.13. The maximum Gasteiger partial charge on any atom is 0.303 e. The molecule has 0 saturated heterocycles. The van der Waals surface area contributed by atoms with E-state index in [4.69, 9.17) is 14.7 Å². The van der Waals surface area contributed by atoms with Gasteiger partial charge in [0.25, 0.3) is 0 Å². The Kier molecular flexibility index (Phi) is 0.747. The van der Waals surface area contributed by atoms with E-state index in [2.05, 4.69) is 0 Å². The van der Waals surface area contributed by atoms with Crippen LogP contribution in [0.1, 0.15) is 36.1 Å². The normalized spacial score (nSPS) is 27.2. The average molecular weight is 123 g/mol. The molecule has 0 amide bonds. The van der Waals surface area contributed by atoms with Crippen molar-refractivity contribution in [3.05, 3.63) is 0 Å². The van der Waals surface area contributed by atoms with E-state index in [1.807, 2.05) is 0 Å². The predicted molar refractivity (Wildman–Crippen MR) is 31.7 cm³/mol. The monoisotopic (exact) mass is 123 g/mol. The number of carbonyl (C=O) groups is 1. The highest BCUT2D eigenvalue weighted by atomic mass is 16.4. The van der Waals surface area contributed by atoms with Gasteiger partial charge >= 0.3 is 5.97 Å². The Hall–Kier alpha value is -0.530. The fourth-order valence-electron chi connectivity index (χ4n) is 0.232. The molecule has 0 radical (unpaired) electrons. The second-order valence-corrected chi connectivity index (χ2v) is 1.37. The van der Waals surface area contributed by atoms with E-state index >= 15 is 0 Å². The van der Waals surface area contributed by atoms with Gasteiger partial charge in [-0.3, -0.25) is 4.79 Å². The first-order valence-electron chi connectivity index (χ1n) is 5.63. The molecular weight excluding hydrogens is 104 g/mol. The lowest BCUT2D eigenvalue weighted by atomic mass is 10.1. The van der Waals surface area contributed by atoms with E-state index in [1.165, 1.54) is 0 Å². The van der Waals surface area contributed by atoms with Crippen LogP contribution in [0.2, 0.25) is 0 Å². The minimum absolute atomic E-state index is 0.653. The van der Waals surface area contributed by atoms with Crippen molar-refractivity contribution in [2.24, 2.45) is 5.89 Å². The van der Waals surface area contributed by atoms with Crippen molar-refractivity contribution in [1.82, 2.24) is 0 Å². The van der Waals surface area contributed by atoms with E-state index in [9.17, 15) is 4.79 Å². The zero-order valence-electron chi connectivity index (χ0n) is 11.3. The van der Waals surface area contributed by atoms with Gasteiger partial charge < -0.3 is 5.11 Å². The molecule has 0 aromatic rings. The summed E-state index contributed by atoms with van der Waals surface area (Å²) in [5, 5.41) is 8.36. The first kappa shape index (κ1) is 1.72. The van der Waals surface area contributed by atoms with Crippen LogP contribution in [-0.4, -0.2) is 11.1 Å². The van der Waals surface area contributed by atoms with Crippen LogP contribution in [0.5, 0.6) is 0 Å². The lowest BCUT2D eigenvalue weighted by Gasteiger charge is -1.97. The summed E-state index contributed by atoms with van der Waals surface area (Å²) in [6.45, 7) is -6.07. The molecule has 48 valence electrons. The van der Waals surface area contributed by atoms with Crippen molar-refractivity contribution in [3.8, 4) is 0 Å². The fraction of sp³-hybridized carbons (Fsp3) is 0.833. The SMILES string of the molecule is [2H]C([2H])([2H])C([2H])(CCC(=O)O)C([2H])([2H])[2H]. The highest BCUT2D eigenvalue weighted by Crippen LogP contribution is 2.01. The van der Waals surface area contributed by atoms with Crippen LogP contribution in [-0.2, 0) is 4.79 Å². The van der Waals surface area contributed by atoms with Gasteiger partial charge in [-0.2, -0.15) is 0 Å². The van der Waals surface area contributed by atoms with Crippen molar-refractivity contribution in [3.63, 3.8) is 0 Å². The average Bonchev–Trinajstić information content (AvgIpc) is 1.95. The van der Waals surface area contributed by atoms with Crippen LogP contribution >= 0.6 is 0 Å². The summed E-state index contributed by atoms with van der Waals surface area (Å²) >= 11 is 0. The molecule has 0 spiro atoms. The summed E-state index contributed by atoms with van der Waals surface area (Å²) in [7, 11) is 0. The number of aliphatic carboxylic acids is 1. The lowest BCUT2D eigenvalue weighted by molar-refractivity contribution is -0.137. The molecule has 0 aromatic heterocycles. The van der Waals surface area contributed by atoms with Crippen molar-refractivity contribution >= 4 is 5.97 Å². The summed E-state index contributed by atoms with van der Waals surface area (Å²) in [6.07, 6.45) is -1.38. The minimum atomic E-state index is -3.03. The molecule has 0 atom stereocenters. The smallest absolute Gasteiger partial charge is 0.303 e. The number of carboxylic acid groups (broad SMARTS) is 1. The second kappa shape index (κ2) is 3.47. The van der Waals surface area contributed by atoms with Gasteiger partial charge in [0.1, 0.15) is 0 Å². The number of hydrogen-bond donors (Lipinski definition) is 1. The molecule has 2 heteroatoms. The molecule has 0 saturated carbocycles. The van der Waals surface area contributed by atoms with Gasteiger partial charge in [-0.25, -0.2) is 0 Å². The molecule has 0 aliphatic carbocycles. The summed E-state index contributed by atoms with van der Waals surface area (Å²) < 4.78 is 49.3. The van der Waals surface area contributed by atoms with Crippen molar-refractivity contribution in [2.45, 2.75) is 26.5 Å². The summed E-state index contributed by atoms with van der Waals surface area (Å²) in [5.41, 5.74) is 0. The molecular formula is C6H12O2. The Bertz CT molecular complexity index is 227. The van der Waals surface area contributed by atoms with Gasteiger partial charge in [-0.05, 0) is 12.3 Å². The van der Waals surface area contributed by atoms with Crippen LogP contribution in [0.15, 0.2) is 0 Å². The van der Waals surface area contributed by atoms with Crippen molar-refractivity contribution < 1.29 is 19.5 Å². The Labute approximate surface area is 59.4 Å². The Morgan fingerprint density at radius 1 is 2.00 bits per heavy atom. The molecule has 0 heterocycles. The first-order chi connectivity index (χ1) is 6.42.